The van der Waals surface area contributed by atoms with Crippen molar-refractivity contribution in [2.45, 2.75) is 44.7 Å². The maximum absolute atomic E-state index is 12.0. The van der Waals surface area contributed by atoms with Gasteiger partial charge in [0, 0.05) is 31.8 Å². The Labute approximate surface area is 116 Å². The summed E-state index contributed by atoms with van der Waals surface area (Å²) in [5.41, 5.74) is 0. The van der Waals surface area contributed by atoms with Crippen LogP contribution in [0.25, 0.3) is 0 Å². The lowest BCUT2D eigenvalue weighted by Gasteiger charge is -2.33. The van der Waals surface area contributed by atoms with E-state index in [2.05, 4.69) is 22.5 Å². The number of amides is 1. The van der Waals surface area contributed by atoms with Gasteiger partial charge >= 0.3 is 0 Å². The van der Waals surface area contributed by atoms with Crippen LogP contribution in [-0.4, -0.2) is 62.3 Å². The SMILES string of the molecule is CCNC1CCCN(CC(=O)NC2CCOCC2)C1. The van der Waals surface area contributed by atoms with Gasteiger partial charge in [-0.1, -0.05) is 6.92 Å². The van der Waals surface area contributed by atoms with Crippen LogP contribution in [0.15, 0.2) is 0 Å². The summed E-state index contributed by atoms with van der Waals surface area (Å²) in [6.45, 7) is 7.27. The summed E-state index contributed by atoms with van der Waals surface area (Å²) in [6, 6.07) is 0.866. The van der Waals surface area contributed by atoms with E-state index in [-0.39, 0.29) is 5.91 Å². The zero-order valence-corrected chi connectivity index (χ0v) is 12.0. The molecule has 0 bridgehead atoms. The lowest BCUT2D eigenvalue weighted by molar-refractivity contribution is -0.123. The number of likely N-dealkylation sites (tertiary alicyclic amines) is 1. The lowest BCUT2D eigenvalue weighted by atomic mass is 10.1. The van der Waals surface area contributed by atoms with Gasteiger partial charge in [0.05, 0.1) is 6.54 Å². The minimum atomic E-state index is 0.170. The van der Waals surface area contributed by atoms with Gasteiger partial charge < -0.3 is 15.4 Å². The maximum atomic E-state index is 12.0. The van der Waals surface area contributed by atoms with Gasteiger partial charge in [-0.05, 0) is 38.8 Å². The van der Waals surface area contributed by atoms with E-state index in [0.29, 0.717) is 18.6 Å². The highest BCUT2D eigenvalue weighted by atomic mass is 16.5. The largest absolute Gasteiger partial charge is 0.381 e. The van der Waals surface area contributed by atoms with Gasteiger partial charge in [-0.25, -0.2) is 0 Å². The molecule has 2 aliphatic heterocycles. The highest BCUT2D eigenvalue weighted by Crippen LogP contribution is 2.10. The molecule has 0 aromatic rings. The molecule has 2 fully saturated rings. The Hall–Kier alpha value is -0.650. The van der Waals surface area contributed by atoms with Crippen LogP contribution in [0.2, 0.25) is 0 Å². The molecule has 1 unspecified atom stereocenters. The number of hydrogen-bond donors (Lipinski definition) is 2. The molecule has 5 heteroatoms. The van der Waals surface area contributed by atoms with Crippen LogP contribution < -0.4 is 10.6 Å². The lowest BCUT2D eigenvalue weighted by Crippen LogP contribution is -2.50. The molecule has 0 spiro atoms. The van der Waals surface area contributed by atoms with Crippen molar-refractivity contribution >= 4 is 5.91 Å². The topological polar surface area (TPSA) is 53.6 Å². The third-order valence-corrected chi connectivity index (χ3v) is 3.95. The second kappa shape index (κ2) is 7.82. The Balaban J connectivity index is 1.68. The summed E-state index contributed by atoms with van der Waals surface area (Å²) in [7, 11) is 0. The van der Waals surface area contributed by atoms with Crippen LogP contribution in [0.1, 0.15) is 32.6 Å². The van der Waals surface area contributed by atoms with Gasteiger partial charge in [-0.3, -0.25) is 9.69 Å². The molecule has 1 amide bonds. The monoisotopic (exact) mass is 269 g/mol. The number of nitrogens with zero attached hydrogens (tertiary/aromatic N) is 1. The van der Waals surface area contributed by atoms with Crippen molar-refractivity contribution in [3.8, 4) is 0 Å². The summed E-state index contributed by atoms with van der Waals surface area (Å²) in [5.74, 6) is 0.170. The molecule has 2 N–H and O–H groups in total. The zero-order chi connectivity index (χ0) is 13.5. The van der Waals surface area contributed by atoms with E-state index >= 15 is 0 Å². The molecule has 2 aliphatic rings. The smallest absolute Gasteiger partial charge is 0.234 e. The summed E-state index contributed by atoms with van der Waals surface area (Å²) in [6.07, 6.45) is 4.31. The van der Waals surface area contributed by atoms with E-state index in [1.807, 2.05) is 0 Å². The number of hydrogen-bond acceptors (Lipinski definition) is 4. The van der Waals surface area contributed by atoms with Crippen LogP contribution in [0.4, 0.5) is 0 Å². The molecule has 0 aromatic carbocycles. The molecule has 0 radical (unpaired) electrons. The molecule has 1 atom stereocenters. The minimum Gasteiger partial charge on any atom is -0.381 e. The zero-order valence-electron chi connectivity index (χ0n) is 12.0. The van der Waals surface area contributed by atoms with Crippen molar-refractivity contribution in [2.75, 3.05) is 39.4 Å². The molecule has 0 saturated carbocycles. The van der Waals surface area contributed by atoms with Crippen molar-refractivity contribution < 1.29 is 9.53 Å². The van der Waals surface area contributed by atoms with Crippen molar-refractivity contribution in [3.05, 3.63) is 0 Å². The molecule has 110 valence electrons. The predicted molar refractivity (Wildman–Crippen MR) is 75.1 cm³/mol. The molecule has 2 saturated heterocycles. The number of carbonyl (C=O) groups is 1. The number of rotatable bonds is 5. The van der Waals surface area contributed by atoms with Crippen LogP contribution in [0, 0.1) is 0 Å². The van der Waals surface area contributed by atoms with Gasteiger partial charge in [-0.15, -0.1) is 0 Å². The Morgan fingerprint density at radius 1 is 1.26 bits per heavy atom. The molecule has 2 rings (SSSR count). The first-order chi connectivity index (χ1) is 9.28. The average molecular weight is 269 g/mol. The normalized spacial score (nSPS) is 26.3. The van der Waals surface area contributed by atoms with E-state index in [9.17, 15) is 4.79 Å². The first kappa shape index (κ1) is 14.8. The van der Waals surface area contributed by atoms with Crippen molar-refractivity contribution in [1.29, 1.82) is 0 Å². The maximum Gasteiger partial charge on any atom is 0.234 e. The Kier molecular flexibility index (Phi) is 6.07. The highest BCUT2D eigenvalue weighted by molar-refractivity contribution is 5.78. The summed E-state index contributed by atoms with van der Waals surface area (Å²) < 4.78 is 5.30. The fourth-order valence-electron chi connectivity index (χ4n) is 2.97. The minimum absolute atomic E-state index is 0.170. The van der Waals surface area contributed by atoms with E-state index in [0.717, 1.165) is 45.7 Å². The van der Waals surface area contributed by atoms with E-state index in [4.69, 9.17) is 4.74 Å². The van der Waals surface area contributed by atoms with Gasteiger partial charge in [0.2, 0.25) is 5.91 Å². The van der Waals surface area contributed by atoms with E-state index in [1.54, 1.807) is 0 Å². The molecule has 19 heavy (non-hydrogen) atoms. The number of ether oxygens (including phenoxy) is 1. The second-order valence-electron chi connectivity index (χ2n) is 5.59. The second-order valence-corrected chi connectivity index (χ2v) is 5.59. The Morgan fingerprint density at radius 2 is 2.05 bits per heavy atom. The molecule has 0 aromatic heterocycles. The van der Waals surface area contributed by atoms with Crippen LogP contribution >= 0.6 is 0 Å². The first-order valence-corrected chi connectivity index (χ1v) is 7.60. The Morgan fingerprint density at radius 3 is 2.79 bits per heavy atom. The fraction of sp³-hybridized carbons (Fsp3) is 0.929. The van der Waals surface area contributed by atoms with Crippen LogP contribution in [0.5, 0.6) is 0 Å². The number of nitrogens with one attached hydrogen (secondary N) is 2. The van der Waals surface area contributed by atoms with E-state index < -0.39 is 0 Å². The summed E-state index contributed by atoms with van der Waals surface area (Å²) in [4.78, 5) is 14.3. The molecular formula is C14H27N3O2. The molecular weight excluding hydrogens is 242 g/mol. The Bertz CT molecular complexity index is 278. The number of likely N-dealkylation sites (N-methyl/N-ethyl adjacent to an activating group) is 1. The molecule has 0 aliphatic carbocycles. The van der Waals surface area contributed by atoms with Crippen molar-refractivity contribution in [3.63, 3.8) is 0 Å². The standard InChI is InChI=1S/C14H27N3O2/c1-2-15-13-4-3-7-17(10-13)11-14(18)16-12-5-8-19-9-6-12/h12-13,15H,2-11H2,1H3,(H,16,18). The van der Waals surface area contributed by atoms with Gasteiger partial charge in [0.15, 0.2) is 0 Å². The summed E-state index contributed by atoms with van der Waals surface area (Å²) in [5, 5.41) is 6.61. The first-order valence-electron chi connectivity index (χ1n) is 7.60. The van der Waals surface area contributed by atoms with Crippen molar-refractivity contribution in [2.24, 2.45) is 0 Å². The predicted octanol–water partition coefficient (Wildman–Crippen LogP) is 0.356. The third kappa shape index (κ3) is 5.09. The van der Waals surface area contributed by atoms with Crippen LogP contribution in [-0.2, 0) is 9.53 Å². The summed E-state index contributed by atoms with van der Waals surface area (Å²) >= 11 is 0. The molecule has 5 nitrogen and oxygen atoms in total. The third-order valence-electron chi connectivity index (χ3n) is 3.95. The number of carbonyl (C=O) groups excluding carboxylic acids is 1. The molecule has 2 heterocycles. The highest BCUT2D eigenvalue weighted by Gasteiger charge is 2.22. The van der Waals surface area contributed by atoms with E-state index in [1.165, 1.54) is 12.8 Å². The quantitative estimate of drug-likeness (QED) is 0.756. The van der Waals surface area contributed by atoms with Crippen LogP contribution in [0.3, 0.4) is 0 Å². The van der Waals surface area contributed by atoms with Gasteiger partial charge in [0.25, 0.3) is 0 Å². The van der Waals surface area contributed by atoms with Gasteiger partial charge in [0.1, 0.15) is 0 Å². The van der Waals surface area contributed by atoms with Crippen molar-refractivity contribution in [1.82, 2.24) is 15.5 Å². The number of piperidine rings is 1. The average Bonchev–Trinajstić information content (AvgIpc) is 2.40. The fourth-order valence-corrected chi connectivity index (χ4v) is 2.97. The van der Waals surface area contributed by atoms with Gasteiger partial charge in [-0.2, -0.15) is 0 Å².